The minimum absolute atomic E-state index is 0.163. The molecule has 1 N–H and O–H groups in total. The number of carbonyl (C=O) groups excluding carboxylic acids is 1. The summed E-state index contributed by atoms with van der Waals surface area (Å²) in [5, 5.41) is 3.25. The molecule has 0 amide bonds. The topological polar surface area (TPSA) is 72.5 Å². The van der Waals surface area contributed by atoms with Gasteiger partial charge >= 0.3 is 5.97 Å². The number of hydrogen-bond acceptors (Lipinski definition) is 5. The maximum Gasteiger partial charge on any atom is 0.337 e. The molecule has 1 spiro atoms. The van der Waals surface area contributed by atoms with Crippen molar-refractivity contribution in [1.82, 2.24) is 0 Å². The van der Waals surface area contributed by atoms with Gasteiger partial charge in [-0.3, -0.25) is 0 Å². The molecule has 0 saturated heterocycles. The molecule has 114 valence electrons. The van der Waals surface area contributed by atoms with E-state index in [0.717, 1.165) is 25.7 Å². The van der Waals surface area contributed by atoms with Gasteiger partial charge in [0.05, 0.1) is 29.0 Å². The van der Waals surface area contributed by atoms with Crippen LogP contribution < -0.4 is 5.32 Å². The number of fused-ring (bicyclic) bond motifs is 1. The summed E-state index contributed by atoms with van der Waals surface area (Å²) in [7, 11) is -2.02. The summed E-state index contributed by atoms with van der Waals surface area (Å²) in [4.78, 5) is 11.9. The molecule has 21 heavy (non-hydrogen) atoms. The number of esters is 1. The van der Waals surface area contributed by atoms with Crippen LogP contribution in [0.2, 0.25) is 0 Å². The highest BCUT2D eigenvalue weighted by molar-refractivity contribution is 7.91. The van der Waals surface area contributed by atoms with Crippen molar-refractivity contribution in [2.24, 2.45) is 5.41 Å². The zero-order valence-electron chi connectivity index (χ0n) is 12.0. The van der Waals surface area contributed by atoms with E-state index < -0.39 is 15.8 Å². The van der Waals surface area contributed by atoms with Gasteiger partial charge in [-0.1, -0.05) is 12.8 Å². The SMILES string of the molecule is COC(=O)c1ccc2c(c1)NCC1(CCCC1)CS2(=O)=O. The molecular weight excluding hydrogens is 290 g/mol. The molecule has 5 nitrogen and oxygen atoms in total. The third-order valence-electron chi connectivity index (χ3n) is 4.55. The summed E-state index contributed by atoms with van der Waals surface area (Å²) in [6.45, 7) is 0.643. The maximum absolute atomic E-state index is 12.6. The highest BCUT2D eigenvalue weighted by atomic mass is 32.2. The van der Waals surface area contributed by atoms with E-state index in [1.165, 1.54) is 19.2 Å². The van der Waals surface area contributed by atoms with Crippen LogP contribution in [0.1, 0.15) is 36.0 Å². The quantitative estimate of drug-likeness (QED) is 0.805. The van der Waals surface area contributed by atoms with Gasteiger partial charge in [0.1, 0.15) is 0 Å². The molecule has 0 aromatic heterocycles. The molecule has 1 aromatic carbocycles. The molecule has 6 heteroatoms. The van der Waals surface area contributed by atoms with Crippen molar-refractivity contribution in [1.29, 1.82) is 0 Å². The molecule has 1 fully saturated rings. The number of sulfone groups is 1. The van der Waals surface area contributed by atoms with Gasteiger partial charge < -0.3 is 10.1 Å². The van der Waals surface area contributed by atoms with Gasteiger partial charge in [-0.2, -0.15) is 0 Å². The smallest absolute Gasteiger partial charge is 0.337 e. The summed E-state index contributed by atoms with van der Waals surface area (Å²) in [6, 6.07) is 4.60. The van der Waals surface area contributed by atoms with Crippen molar-refractivity contribution < 1.29 is 17.9 Å². The van der Waals surface area contributed by atoms with Gasteiger partial charge in [-0.05, 0) is 31.0 Å². The summed E-state index contributed by atoms with van der Waals surface area (Å²) in [5.74, 6) is -0.269. The molecule has 1 aromatic rings. The molecule has 1 aliphatic carbocycles. The Hall–Kier alpha value is -1.56. The van der Waals surface area contributed by atoms with Crippen molar-refractivity contribution in [2.75, 3.05) is 24.7 Å². The molecule has 3 rings (SSSR count). The molecule has 1 saturated carbocycles. The highest BCUT2D eigenvalue weighted by Gasteiger charge is 2.41. The maximum atomic E-state index is 12.6. The average Bonchev–Trinajstić information content (AvgIpc) is 2.87. The van der Waals surface area contributed by atoms with E-state index in [1.54, 1.807) is 6.07 Å². The standard InChI is InChI=1S/C15H19NO4S/c1-20-14(17)11-4-5-13-12(8-11)16-9-15(6-2-3-7-15)10-21(13,18)19/h4-5,8,16H,2-3,6-7,9-10H2,1H3. The van der Waals surface area contributed by atoms with Crippen molar-refractivity contribution in [3.8, 4) is 0 Å². The number of rotatable bonds is 1. The molecule has 0 radical (unpaired) electrons. The van der Waals surface area contributed by atoms with Gasteiger partial charge in [0, 0.05) is 12.0 Å². The highest BCUT2D eigenvalue weighted by Crippen LogP contribution is 2.43. The molecular formula is C15H19NO4S. The van der Waals surface area contributed by atoms with Crippen molar-refractivity contribution in [3.05, 3.63) is 23.8 Å². The fourth-order valence-corrected chi connectivity index (χ4v) is 5.54. The van der Waals surface area contributed by atoms with Gasteiger partial charge in [0.2, 0.25) is 0 Å². The van der Waals surface area contributed by atoms with Crippen LogP contribution in [0.4, 0.5) is 5.69 Å². The third kappa shape index (κ3) is 2.52. The van der Waals surface area contributed by atoms with E-state index >= 15 is 0 Å². The Morgan fingerprint density at radius 1 is 1.29 bits per heavy atom. The number of carbonyl (C=O) groups is 1. The second-order valence-corrected chi connectivity index (χ2v) is 7.98. The molecule has 0 bridgehead atoms. The summed E-state index contributed by atoms with van der Waals surface area (Å²) in [6.07, 6.45) is 4.05. The van der Waals surface area contributed by atoms with E-state index in [4.69, 9.17) is 0 Å². The van der Waals surface area contributed by atoms with Gasteiger partial charge in [-0.25, -0.2) is 13.2 Å². The normalized spacial score (nSPS) is 22.1. The summed E-state index contributed by atoms with van der Waals surface area (Å²) < 4.78 is 30.0. The monoisotopic (exact) mass is 309 g/mol. The fraction of sp³-hybridized carbons (Fsp3) is 0.533. The lowest BCUT2D eigenvalue weighted by atomic mass is 9.88. The number of ether oxygens (including phenoxy) is 1. The van der Waals surface area contributed by atoms with Crippen LogP contribution in [0.3, 0.4) is 0 Å². The number of benzene rings is 1. The Bertz CT molecular complexity index is 675. The summed E-state index contributed by atoms with van der Waals surface area (Å²) >= 11 is 0. The lowest BCUT2D eigenvalue weighted by molar-refractivity contribution is 0.0600. The van der Waals surface area contributed by atoms with E-state index in [-0.39, 0.29) is 11.2 Å². The van der Waals surface area contributed by atoms with E-state index in [9.17, 15) is 13.2 Å². The van der Waals surface area contributed by atoms with Gasteiger partial charge in [0.25, 0.3) is 0 Å². The Kier molecular flexibility index (Phi) is 3.43. The minimum Gasteiger partial charge on any atom is -0.465 e. The van der Waals surface area contributed by atoms with Crippen molar-refractivity contribution >= 4 is 21.5 Å². The molecule has 0 atom stereocenters. The lowest BCUT2D eigenvalue weighted by Crippen LogP contribution is -2.31. The van der Waals surface area contributed by atoms with Gasteiger partial charge in [-0.15, -0.1) is 0 Å². The number of hydrogen-bond donors (Lipinski definition) is 1. The predicted octanol–water partition coefficient (Wildman–Crippen LogP) is 2.23. The molecule has 2 aliphatic rings. The molecule has 0 unspecified atom stereocenters. The Balaban J connectivity index is 2.03. The Morgan fingerprint density at radius 3 is 2.67 bits per heavy atom. The second-order valence-electron chi connectivity index (χ2n) is 6.02. The minimum atomic E-state index is -3.33. The van der Waals surface area contributed by atoms with Crippen molar-refractivity contribution in [2.45, 2.75) is 30.6 Å². The number of methoxy groups -OCH3 is 1. The number of anilines is 1. The first kappa shape index (κ1) is 14.4. The third-order valence-corrected chi connectivity index (χ3v) is 6.57. The first-order valence-corrected chi connectivity index (χ1v) is 8.80. The van der Waals surface area contributed by atoms with Crippen LogP contribution in [0.5, 0.6) is 0 Å². The van der Waals surface area contributed by atoms with Crippen LogP contribution in [-0.4, -0.2) is 33.8 Å². The number of nitrogens with one attached hydrogen (secondary N) is 1. The summed E-state index contributed by atoms with van der Waals surface area (Å²) in [5.41, 5.74) is 0.714. The largest absolute Gasteiger partial charge is 0.465 e. The second kappa shape index (κ2) is 5.02. The zero-order valence-corrected chi connectivity index (χ0v) is 12.8. The average molecular weight is 309 g/mol. The van der Waals surface area contributed by atoms with E-state index in [1.807, 2.05) is 0 Å². The van der Waals surface area contributed by atoms with Crippen molar-refractivity contribution in [3.63, 3.8) is 0 Å². The van der Waals surface area contributed by atoms with E-state index in [2.05, 4.69) is 10.1 Å². The fourth-order valence-electron chi connectivity index (χ4n) is 3.44. The van der Waals surface area contributed by atoms with Crippen LogP contribution in [0.25, 0.3) is 0 Å². The van der Waals surface area contributed by atoms with Crippen LogP contribution >= 0.6 is 0 Å². The van der Waals surface area contributed by atoms with Crippen LogP contribution in [0, 0.1) is 5.41 Å². The van der Waals surface area contributed by atoms with Crippen LogP contribution in [0.15, 0.2) is 23.1 Å². The molecule has 1 heterocycles. The lowest BCUT2D eigenvalue weighted by Gasteiger charge is -2.26. The zero-order chi connectivity index (χ0) is 15.1. The predicted molar refractivity (Wildman–Crippen MR) is 79.2 cm³/mol. The first-order chi connectivity index (χ1) is 9.96. The Labute approximate surface area is 124 Å². The molecule has 1 aliphatic heterocycles. The van der Waals surface area contributed by atoms with Crippen LogP contribution in [-0.2, 0) is 14.6 Å². The van der Waals surface area contributed by atoms with Gasteiger partial charge in [0.15, 0.2) is 9.84 Å². The Morgan fingerprint density at radius 2 is 2.00 bits per heavy atom. The van der Waals surface area contributed by atoms with E-state index in [0.29, 0.717) is 22.7 Å². The first-order valence-electron chi connectivity index (χ1n) is 7.15.